The van der Waals surface area contributed by atoms with Gasteiger partial charge in [0.1, 0.15) is 49.6 Å². The summed E-state index contributed by atoms with van der Waals surface area (Å²) in [7, 11) is 10.6. The molecule has 15 aromatic rings. The van der Waals surface area contributed by atoms with Gasteiger partial charge in [0, 0.05) is 78.1 Å². The molecule has 11 aromatic carbocycles. The minimum Gasteiger partial charge on any atom is -0.372 e. The lowest BCUT2D eigenvalue weighted by molar-refractivity contribution is -0.524. The zero-order chi connectivity index (χ0) is 90.0. The van der Waals surface area contributed by atoms with Crippen molar-refractivity contribution in [3.05, 3.63) is 341 Å². The summed E-state index contributed by atoms with van der Waals surface area (Å²) in [6.45, 7) is 37.3. The first kappa shape index (κ1) is 85.9. The maximum absolute atomic E-state index is 8.06. The second-order valence-electron chi connectivity index (χ2n) is 36.1. The van der Waals surface area contributed by atoms with Crippen LogP contribution >= 0.6 is 0 Å². The number of nitrogens with zero attached hydrogens (tertiary/aromatic N) is 12. The summed E-state index contributed by atoms with van der Waals surface area (Å²) in [4.78, 5) is 10.1. The van der Waals surface area contributed by atoms with E-state index in [0.717, 1.165) is 41.9 Å². The van der Waals surface area contributed by atoms with E-state index in [1.54, 1.807) is 6.07 Å². The van der Waals surface area contributed by atoms with Crippen LogP contribution in [0.4, 0.5) is 28.4 Å². The highest BCUT2D eigenvalue weighted by Crippen LogP contribution is 2.49. The zero-order valence-electron chi connectivity index (χ0n) is 80.1. The van der Waals surface area contributed by atoms with Crippen molar-refractivity contribution in [3.8, 4) is 67.8 Å². The average molecular weight is 1670 g/mol. The Kier molecular flexibility index (Phi) is 25.3. The van der Waals surface area contributed by atoms with E-state index in [4.69, 9.17) is 4.11 Å². The Balaban J connectivity index is 0.000000142. The third-order valence-corrected chi connectivity index (χ3v) is 26.7. The molecule has 0 atom stereocenters. The van der Waals surface area contributed by atoms with Gasteiger partial charge < -0.3 is 19.2 Å². The maximum Gasteiger partial charge on any atom is 0.542 e. The molecule has 19 rings (SSSR count). The van der Waals surface area contributed by atoms with Crippen molar-refractivity contribution in [1.29, 1.82) is 0 Å². The highest BCUT2D eigenvalue weighted by molar-refractivity contribution is 6.73. The predicted octanol–water partition coefficient (Wildman–Crippen LogP) is 20.9. The second kappa shape index (κ2) is 37.1. The SMILES string of the molecule is C.C.CCC(CC)N1B(c2c(C)cccc2C)[n+]2ccn(C)c2-c2c(C)cccc21.Cc1cccc(C)c1B1N(CC(C)C)c2cccc(C)c2-c2n(C)cc[n+]21.Cc1cccc2c1-c1n(C)cc[n+]1B(c1c(C(C)C)cccc1C(C)C)N2c1c(-c2ccccc2)cccc1-c1ccccc1.[2H]C([2H])([2H])c1cccc(C)c1B1N(C)c2cccc(C)c2-c2n(C)cc[n+]21. The molecule has 126 heavy (non-hydrogen) atoms. The van der Waals surface area contributed by atoms with Gasteiger partial charge in [0.15, 0.2) is 0 Å². The van der Waals surface area contributed by atoms with Gasteiger partial charge in [-0.05, 0) is 209 Å². The third kappa shape index (κ3) is 15.9. The molecule has 640 valence electrons. The quantitative estimate of drug-likeness (QED) is 0.102. The molecule has 0 bridgehead atoms. The first-order chi connectivity index (χ1) is 61.0. The molecule has 0 fully saturated rings. The first-order valence-corrected chi connectivity index (χ1v) is 44.8. The van der Waals surface area contributed by atoms with Crippen LogP contribution in [0.5, 0.6) is 0 Å². The van der Waals surface area contributed by atoms with Crippen LogP contribution in [-0.2, 0) is 28.2 Å². The number of rotatable bonds is 14. The van der Waals surface area contributed by atoms with Gasteiger partial charge in [-0.3, -0.25) is 17.9 Å². The fourth-order valence-corrected chi connectivity index (χ4v) is 20.8. The molecule has 4 aliphatic rings. The lowest BCUT2D eigenvalue weighted by Gasteiger charge is -2.40. The Morgan fingerprint density at radius 2 is 0.651 bits per heavy atom. The lowest BCUT2D eigenvalue weighted by atomic mass is 9.57. The van der Waals surface area contributed by atoms with E-state index in [1.807, 2.05) is 45.5 Å². The molecule has 0 aliphatic carbocycles. The molecule has 0 radical (unpaired) electrons. The Bertz CT molecular complexity index is 6470. The molecule has 12 nitrogen and oxygen atoms in total. The van der Waals surface area contributed by atoms with Crippen molar-refractivity contribution < 1.29 is 22.0 Å². The normalized spacial score (nSPS) is 13.1. The van der Waals surface area contributed by atoms with Crippen LogP contribution in [0.3, 0.4) is 0 Å². The molecule has 0 saturated carbocycles. The molecular weight excluding hydrogens is 1530 g/mol. The second-order valence-corrected chi connectivity index (χ2v) is 36.1. The van der Waals surface area contributed by atoms with Gasteiger partial charge >= 0.3 is 27.9 Å². The fraction of sp³-hybridized carbons (Fsp3) is 0.291. The lowest BCUT2D eigenvalue weighted by Crippen LogP contribution is -2.73. The van der Waals surface area contributed by atoms with Crippen molar-refractivity contribution in [2.45, 2.75) is 170 Å². The monoisotopic (exact) mass is 1670 g/mol. The number of imidazole rings is 4. The topological polar surface area (TPSA) is 48.2 Å². The van der Waals surface area contributed by atoms with Crippen molar-refractivity contribution in [2.75, 3.05) is 32.8 Å². The smallest absolute Gasteiger partial charge is 0.372 e. The minimum atomic E-state index is -2.16. The summed E-state index contributed by atoms with van der Waals surface area (Å²) < 4.78 is 42.8. The van der Waals surface area contributed by atoms with Crippen molar-refractivity contribution in [3.63, 3.8) is 0 Å². The predicted molar refractivity (Wildman–Crippen MR) is 539 cm³/mol. The van der Waals surface area contributed by atoms with E-state index in [2.05, 4.69) is 431 Å². The summed E-state index contributed by atoms with van der Waals surface area (Å²) in [6.07, 6.45) is 19.7. The number of hydrogen-bond acceptors (Lipinski definition) is 4. The van der Waals surface area contributed by atoms with Crippen LogP contribution in [-0.4, -0.2) is 65.8 Å². The van der Waals surface area contributed by atoms with E-state index in [9.17, 15) is 0 Å². The van der Waals surface area contributed by atoms with Crippen LogP contribution in [0.15, 0.2) is 274 Å². The number of hydrogen-bond donors (Lipinski definition) is 0. The van der Waals surface area contributed by atoms with Crippen LogP contribution in [0.1, 0.15) is 166 Å². The Morgan fingerprint density at radius 3 is 1.07 bits per heavy atom. The fourth-order valence-electron chi connectivity index (χ4n) is 20.8. The molecule has 0 amide bonds. The molecule has 8 heterocycles. The molecular formula is C110H132B4N12+4. The summed E-state index contributed by atoms with van der Waals surface area (Å²) in [5.41, 5.74) is 36.2. The molecule has 0 unspecified atom stereocenters. The number of aryl methyl sites for hydroxylation is 14. The van der Waals surface area contributed by atoms with Gasteiger partial charge in [-0.15, -0.1) is 0 Å². The standard InChI is InChI=1S/C41H41BN3.C24H31BN3.C23H29BN3.C20H23BN3.2CH4/c1-28(2)33-21-14-22-34(29(3)4)39(33)42-44-27-26-43(6)41(44)38-30(5)16-13-25-37(38)45(42)40-35(31-17-9-7-10-18-31)23-15-24-36(40)32-19-11-8-12-20-32;1-7-20(8-2)28-21-14-10-11-17(3)22(21)24-26(6)15-16-27(24)25(28)23-18(4)12-9-13-19(23)5;1-16(2)15-27-20-12-8-9-17(3)21(20)23-25(6)13-14-26(23)24(27)22-18(4)10-7-11-19(22)5;1-14-8-7-11-17-18(14)20-22(4)12-13-24(20)21(23(17)5)19-15(2)9-6-10-16(19)3;;/h7-29H,1-6H3;9-16,20H,7-8H2,1-6H3;7-14,16H,15H2,1-6H3;6-13H,1-5H3;2*1H4/q4*+1;;/i;;;2D3;;. The van der Waals surface area contributed by atoms with E-state index in [-0.39, 0.29) is 42.8 Å². The van der Waals surface area contributed by atoms with Gasteiger partial charge in [0.2, 0.25) is 0 Å². The Labute approximate surface area is 759 Å². The highest BCUT2D eigenvalue weighted by Gasteiger charge is 2.53. The van der Waals surface area contributed by atoms with Gasteiger partial charge in [0.25, 0.3) is 23.3 Å². The zero-order valence-corrected chi connectivity index (χ0v) is 77.1. The molecule has 4 aliphatic heterocycles. The molecule has 4 aromatic heterocycles. The molecule has 16 heteroatoms. The van der Waals surface area contributed by atoms with Gasteiger partial charge in [-0.25, -0.2) is 18.3 Å². The molecule has 0 saturated heterocycles. The number of aromatic nitrogens is 8. The summed E-state index contributed by atoms with van der Waals surface area (Å²) in [6, 6.07) is 81.5. The number of benzene rings is 11. The molecule has 0 spiro atoms. The first-order valence-electron chi connectivity index (χ1n) is 46.3. The number of anilines is 5. The average Bonchev–Trinajstić information content (AvgIpc) is 1.63. The Morgan fingerprint density at radius 1 is 0.325 bits per heavy atom. The van der Waals surface area contributed by atoms with Crippen molar-refractivity contribution in [1.82, 2.24) is 18.3 Å². The third-order valence-electron chi connectivity index (χ3n) is 26.7. The van der Waals surface area contributed by atoms with E-state index >= 15 is 0 Å². The number of para-hydroxylation sites is 1. The van der Waals surface area contributed by atoms with E-state index in [1.165, 1.54) is 157 Å². The van der Waals surface area contributed by atoms with Gasteiger partial charge in [0.05, 0.1) is 50.4 Å². The van der Waals surface area contributed by atoms with Crippen LogP contribution < -0.4 is 59.0 Å². The van der Waals surface area contributed by atoms with Crippen molar-refractivity contribution in [2.24, 2.45) is 34.1 Å². The van der Waals surface area contributed by atoms with Crippen molar-refractivity contribution >= 4 is 78.2 Å². The molecule has 0 N–H and O–H groups in total. The largest absolute Gasteiger partial charge is 0.542 e. The van der Waals surface area contributed by atoms with Gasteiger partial charge in [-0.2, -0.15) is 0 Å². The summed E-state index contributed by atoms with van der Waals surface area (Å²) in [5, 5.41) is 0. The van der Waals surface area contributed by atoms with E-state index < -0.39 is 6.85 Å². The van der Waals surface area contributed by atoms with Crippen LogP contribution in [0, 0.1) is 75.1 Å². The highest BCUT2D eigenvalue weighted by atomic mass is 15.3. The van der Waals surface area contributed by atoms with Gasteiger partial charge in [-0.1, -0.05) is 270 Å². The van der Waals surface area contributed by atoms with Crippen LogP contribution in [0.2, 0.25) is 0 Å². The summed E-state index contributed by atoms with van der Waals surface area (Å²) >= 11 is 0. The summed E-state index contributed by atoms with van der Waals surface area (Å²) in [5.74, 6) is 6.21. The Hall–Kier alpha value is -12.3. The van der Waals surface area contributed by atoms with E-state index in [0.29, 0.717) is 29.4 Å². The van der Waals surface area contributed by atoms with Crippen LogP contribution in [0.25, 0.3) is 67.8 Å². The minimum absolute atomic E-state index is 0. The maximum atomic E-state index is 8.06. The number of fused-ring (bicyclic) bond motifs is 12.